The first-order valence-corrected chi connectivity index (χ1v) is 8.88. The number of nitriles is 1. The number of nitrogens with zero attached hydrogens (tertiary/aromatic N) is 4. The van der Waals surface area contributed by atoms with E-state index in [9.17, 15) is 18.4 Å². The largest absolute Gasteiger partial charge is 0.357 e. The SMILES string of the molecule is Cn1ccc(C=Cc2cnccc2C(=O)NCC(=O)N2CC(F)(F)CC2C#N)c1. The molecule has 3 heterocycles. The zero-order valence-electron chi connectivity index (χ0n) is 15.7. The normalized spacial score (nSPS) is 18.0. The van der Waals surface area contributed by atoms with Crippen LogP contribution in [-0.2, 0) is 11.8 Å². The molecule has 2 aromatic heterocycles. The van der Waals surface area contributed by atoms with Gasteiger partial charge >= 0.3 is 0 Å². The highest BCUT2D eigenvalue weighted by Crippen LogP contribution is 2.31. The van der Waals surface area contributed by atoms with Crippen molar-refractivity contribution in [2.45, 2.75) is 18.4 Å². The number of hydrogen-bond donors (Lipinski definition) is 1. The number of halogens is 2. The summed E-state index contributed by atoms with van der Waals surface area (Å²) in [5.41, 5.74) is 1.78. The number of likely N-dealkylation sites (tertiary alicyclic amines) is 1. The average molecular weight is 399 g/mol. The highest BCUT2D eigenvalue weighted by molar-refractivity contribution is 6.00. The Morgan fingerprint density at radius 1 is 1.41 bits per heavy atom. The lowest BCUT2D eigenvalue weighted by atomic mass is 10.1. The van der Waals surface area contributed by atoms with E-state index in [4.69, 9.17) is 5.26 Å². The van der Waals surface area contributed by atoms with Gasteiger partial charge in [-0.3, -0.25) is 14.6 Å². The van der Waals surface area contributed by atoms with Gasteiger partial charge in [0, 0.05) is 49.4 Å². The maximum absolute atomic E-state index is 13.5. The Kier molecular flexibility index (Phi) is 5.73. The van der Waals surface area contributed by atoms with Crippen LogP contribution in [0.5, 0.6) is 0 Å². The van der Waals surface area contributed by atoms with Gasteiger partial charge in [0.1, 0.15) is 6.04 Å². The predicted molar refractivity (Wildman–Crippen MR) is 102 cm³/mol. The van der Waals surface area contributed by atoms with Crippen molar-refractivity contribution in [3.63, 3.8) is 0 Å². The number of carbonyl (C=O) groups is 2. The van der Waals surface area contributed by atoms with Crippen molar-refractivity contribution in [1.82, 2.24) is 19.8 Å². The minimum Gasteiger partial charge on any atom is -0.357 e. The van der Waals surface area contributed by atoms with Gasteiger partial charge < -0.3 is 14.8 Å². The third-order valence-corrected chi connectivity index (χ3v) is 4.55. The number of amides is 2. The molecule has 0 bridgehead atoms. The summed E-state index contributed by atoms with van der Waals surface area (Å²) in [4.78, 5) is 29.6. The Labute approximate surface area is 166 Å². The predicted octanol–water partition coefficient (Wildman–Crippen LogP) is 2.08. The van der Waals surface area contributed by atoms with Crippen molar-refractivity contribution >= 4 is 24.0 Å². The van der Waals surface area contributed by atoms with Gasteiger partial charge in [-0.05, 0) is 17.7 Å². The number of aromatic nitrogens is 2. The number of hydrogen-bond acceptors (Lipinski definition) is 4. The summed E-state index contributed by atoms with van der Waals surface area (Å²) in [5, 5.41) is 11.4. The quantitative estimate of drug-likeness (QED) is 0.833. The van der Waals surface area contributed by atoms with E-state index >= 15 is 0 Å². The molecule has 0 radical (unpaired) electrons. The molecule has 1 atom stereocenters. The summed E-state index contributed by atoms with van der Waals surface area (Å²) >= 11 is 0. The first-order chi connectivity index (χ1) is 13.8. The van der Waals surface area contributed by atoms with Gasteiger partial charge in [-0.15, -0.1) is 0 Å². The molecule has 3 rings (SSSR count). The smallest absolute Gasteiger partial charge is 0.268 e. The fraction of sp³-hybridized carbons (Fsp3) is 0.300. The zero-order valence-corrected chi connectivity index (χ0v) is 15.7. The third-order valence-electron chi connectivity index (χ3n) is 4.55. The Morgan fingerprint density at radius 3 is 2.90 bits per heavy atom. The minimum atomic E-state index is -3.10. The number of carbonyl (C=O) groups excluding carboxylic acids is 2. The molecule has 1 aliphatic rings. The average Bonchev–Trinajstić information content (AvgIpc) is 3.26. The third kappa shape index (κ3) is 4.85. The van der Waals surface area contributed by atoms with Crippen LogP contribution in [0.15, 0.2) is 36.9 Å². The van der Waals surface area contributed by atoms with Crippen LogP contribution in [-0.4, -0.2) is 51.3 Å². The van der Waals surface area contributed by atoms with Crippen molar-refractivity contribution in [3.05, 3.63) is 53.6 Å². The Bertz CT molecular complexity index is 993. The molecule has 150 valence electrons. The molecular weight excluding hydrogens is 380 g/mol. The molecule has 29 heavy (non-hydrogen) atoms. The van der Waals surface area contributed by atoms with Gasteiger partial charge in [0.15, 0.2) is 0 Å². The van der Waals surface area contributed by atoms with Crippen LogP contribution in [0.1, 0.15) is 27.9 Å². The van der Waals surface area contributed by atoms with E-state index in [1.54, 1.807) is 12.1 Å². The molecule has 0 spiro atoms. The van der Waals surface area contributed by atoms with Crippen LogP contribution >= 0.6 is 0 Å². The molecule has 1 fully saturated rings. The van der Waals surface area contributed by atoms with Crippen LogP contribution in [0.3, 0.4) is 0 Å². The molecule has 7 nitrogen and oxygen atoms in total. The Hall–Kier alpha value is -3.54. The maximum atomic E-state index is 13.5. The lowest BCUT2D eigenvalue weighted by Gasteiger charge is -2.19. The highest BCUT2D eigenvalue weighted by Gasteiger charge is 2.47. The van der Waals surface area contributed by atoms with E-state index in [1.165, 1.54) is 18.5 Å². The molecule has 1 N–H and O–H groups in total. The fourth-order valence-corrected chi connectivity index (χ4v) is 3.10. The summed E-state index contributed by atoms with van der Waals surface area (Å²) in [6.07, 6.45) is 9.62. The monoisotopic (exact) mass is 399 g/mol. The van der Waals surface area contributed by atoms with Gasteiger partial charge in [-0.25, -0.2) is 8.78 Å². The van der Waals surface area contributed by atoms with E-state index < -0.39 is 43.3 Å². The van der Waals surface area contributed by atoms with Crippen LogP contribution in [0, 0.1) is 11.3 Å². The molecule has 1 unspecified atom stereocenters. The number of pyridine rings is 1. The highest BCUT2D eigenvalue weighted by atomic mass is 19.3. The summed E-state index contributed by atoms with van der Waals surface area (Å²) < 4.78 is 28.9. The second-order valence-corrected chi connectivity index (χ2v) is 6.82. The van der Waals surface area contributed by atoms with Crippen LogP contribution in [0.2, 0.25) is 0 Å². The van der Waals surface area contributed by atoms with Gasteiger partial charge in [0.05, 0.1) is 19.2 Å². The van der Waals surface area contributed by atoms with E-state index in [-0.39, 0.29) is 0 Å². The fourth-order valence-electron chi connectivity index (χ4n) is 3.10. The zero-order chi connectivity index (χ0) is 21.0. The summed E-state index contributed by atoms with van der Waals surface area (Å²) in [6.45, 7) is -1.29. The van der Waals surface area contributed by atoms with E-state index in [0.717, 1.165) is 10.5 Å². The minimum absolute atomic E-state index is 0.295. The Balaban J connectivity index is 1.66. The first kappa shape index (κ1) is 20.2. The van der Waals surface area contributed by atoms with E-state index in [0.29, 0.717) is 11.1 Å². The summed E-state index contributed by atoms with van der Waals surface area (Å²) in [7, 11) is 1.89. The molecule has 2 amide bonds. The second-order valence-electron chi connectivity index (χ2n) is 6.82. The molecule has 1 saturated heterocycles. The number of aryl methyl sites for hydroxylation is 1. The maximum Gasteiger partial charge on any atom is 0.268 e. The van der Waals surface area contributed by atoms with Crippen molar-refractivity contribution < 1.29 is 18.4 Å². The lowest BCUT2D eigenvalue weighted by Crippen LogP contribution is -2.43. The molecule has 0 aliphatic carbocycles. The summed E-state index contributed by atoms with van der Waals surface area (Å²) in [5.74, 6) is -4.36. The van der Waals surface area contributed by atoms with Crippen molar-refractivity contribution in [1.29, 1.82) is 5.26 Å². The van der Waals surface area contributed by atoms with Crippen LogP contribution < -0.4 is 5.32 Å². The first-order valence-electron chi connectivity index (χ1n) is 8.88. The van der Waals surface area contributed by atoms with E-state index in [1.807, 2.05) is 36.2 Å². The Morgan fingerprint density at radius 2 is 2.21 bits per heavy atom. The molecular formula is C20H19F2N5O2. The lowest BCUT2D eigenvalue weighted by molar-refractivity contribution is -0.131. The molecule has 0 saturated carbocycles. The van der Waals surface area contributed by atoms with E-state index in [2.05, 4.69) is 10.3 Å². The second kappa shape index (κ2) is 8.22. The van der Waals surface area contributed by atoms with Crippen LogP contribution in [0.4, 0.5) is 8.78 Å². The van der Waals surface area contributed by atoms with Crippen molar-refractivity contribution in [3.8, 4) is 6.07 Å². The number of rotatable bonds is 5. The summed E-state index contributed by atoms with van der Waals surface area (Å²) in [6, 6.07) is 3.92. The molecule has 0 aromatic carbocycles. The van der Waals surface area contributed by atoms with Crippen molar-refractivity contribution in [2.24, 2.45) is 7.05 Å². The standard InChI is InChI=1S/C20H19F2N5O2/c1-26-7-5-14(12-26)2-3-15-10-24-6-4-17(15)19(29)25-11-18(28)27-13-20(21,22)8-16(27)9-23/h2-7,10,12,16H,8,11,13H2,1H3,(H,25,29). The van der Waals surface area contributed by atoms with Gasteiger partial charge in [-0.2, -0.15) is 5.26 Å². The molecule has 2 aromatic rings. The van der Waals surface area contributed by atoms with Gasteiger partial charge in [-0.1, -0.05) is 12.2 Å². The topological polar surface area (TPSA) is 91.0 Å². The van der Waals surface area contributed by atoms with Gasteiger partial charge in [0.25, 0.3) is 11.8 Å². The molecule has 1 aliphatic heterocycles. The van der Waals surface area contributed by atoms with Crippen molar-refractivity contribution in [2.75, 3.05) is 13.1 Å². The number of nitrogens with one attached hydrogen (secondary N) is 1. The molecule has 9 heteroatoms. The number of alkyl halides is 2. The van der Waals surface area contributed by atoms with Crippen LogP contribution in [0.25, 0.3) is 12.2 Å². The van der Waals surface area contributed by atoms with Gasteiger partial charge in [0.2, 0.25) is 5.91 Å².